The highest BCUT2D eigenvalue weighted by atomic mass is 35.5. The normalized spacial score (nSPS) is 12.3. The Kier molecular flexibility index (Phi) is 2.30. The molecule has 0 amide bonds. The molecule has 0 atom stereocenters. The van der Waals surface area contributed by atoms with Crippen LogP contribution in [0.4, 0.5) is 8.78 Å². The first-order chi connectivity index (χ1) is 7.04. The van der Waals surface area contributed by atoms with Crippen molar-refractivity contribution in [2.75, 3.05) is 0 Å². The summed E-state index contributed by atoms with van der Waals surface area (Å²) in [6, 6.07) is 2.96. The Bertz CT molecular complexity index is 496. The lowest BCUT2D eigenvalue weighted by Gasteiger charge is -2.10. The third kappa shape index (κ3) is 1.65. The number of nitrogens with zero attached hydrogens (tertiary/aromatic N) is 4. The Morgan fingerprint density at radius 3 is 2.80 bits per heavy atom. The van der Waals surface area contributed by atoms with E-state index in [0.29, 0.717) is 0 Å². The van der Waals surface area contributed by atoms with E-state index in [-0.39, 0.29) is 17.2 Å². The van der Waals surface area contributed by atoms with Gasteiger partial charge in [-0.15, -0.1) is 10.2 Å². The average molecular weight is 233 g/mol. The monoisotopic (exact) mass is 232 g/mol. The zero-order valence-corrected chi connectivity index (χ0v) is 8.54. The molecule has 7 heteroatoms. The SMILES string of the molecule is CCC(F)(F)c1nnc2ccc(Cl)nn12. The molecule has 0 aliphatic rings. The quantitative estimate of drug-likeness (QED) is 0.798. The summed E-state index contributed by atoms with van der Waals surface area (Å²) >= 11 is 5.61. The molecule has 0 aliphatic heterocycles. The first-order valence-electron chi connectivity index (χ1n) is 4.31. The summed E-state index contributed by atoms with van der Waals surface area (Å²) < 4.78 is 27.7. The van der Waals surface area contributed by atoms with E-state index in [0.717, 1.165) is 4.52 Å². The molecule has 0 saturated heterocycles. The van der Waals surface area contributed by atoms with Gasteiger partial charge in [-0.25, -0.2) is 0 Å². The van der Waals surface area contributed by atoms with Gasteiger partial charge in [-0.1, -0.05) is 18.5 Å². The molecule has 4 nitrogen and oxygen atoms in total. The molecule has 0 bridgehead atoms. The van der Waals surface area contributed by atoms with Crippen LogP contribution in [-0.4, -0.2) is 19.8 Å². The topological polar surface area (TPSA) is 43.1 Å². The standard InChI is InChI=1S/C8H7ClF2N4/c1-2-8(10,11)7-13-12-6-4-3-5(9)14-15(6)7/h3-4H,2H2,1H3. The van der Waals surface area contributed by atoms with E-state index in [1.54, 1.807) is 0 Å². The van der Waals surface area contributed by atoms with Gasteiger partial charge in [0.2, 0.25) is 5.82 Å². The summed E-state index contributed by atoms with van der Waals surface area (Å²) in [5.74, 6) is -3.53. The molecule has 0 unspecified atom stereocenters. The zero-order valence-electron chi connectivity index (χ0n) is 7.78. The van der Waals surface area contributed by atoms with Gasteiger partial charge in [0.15, 0.2) is 5.65 Å². The molecular formula is C8H7ClF2N4. The Hall–Kier alpha value is -1.30. The Balaban J connectivity index is 2.67. The van der Waals surface area contributed by atoms with Gasteiger partial charge in [-0.3, -0.25) is 0 Å². The first-order valence-corrected chi connectivity index (χ1v) is 4.68. The van der Waals surface area contributed by atoms with Crippen molar-refractivity contribution in [3.05, 3.63) is 23.1 Å². The number of rotatable bonds is 2. The minimum absolute atomic E-state index is 0.121. The van der Waals surface area contributed by atoms with Crippen LogP contribution in [0.5, 0.6) is 0 Å². The van der Waals surface area contributed by atoms with Crippen molar-refractivity contribution in [3.63, 3.8) is 0 Å². The number of fused-ring (bicyclic) bond motifs is 1. The minimum atomic E-state index is -3.04. The fourth-order valence-corrected chi connectivity index (χ4v) is 1.29. The third-order valence-electron chi connectivity index (χ3n) is 2.00. The fraction of sp³-hybridized carbons (Fsp3) is 0.375. The second-order valence-electron chi connectivity index (χ2n) is 3.01. The highest BCUT2D eigenvalue weighted by Gasteiger charge is 2.35. The minimum Gasteiger partial charge on any atom is -0.198 e. The van der Waals surface area contributed by atoms with Crippen LogP contribution in [0.15, 0.2) is 12.1 Å². The Morgan fingerprint density at radius 1 is 1.40 bits per heavy atom. The maximum absolute atomic E-state index is 13.4. The van der Waals surface area contributed by atoms with E-state index in [1.807, 2.05) is 0 Å². The van der Waals surface area contributed by atoms with E-state index in [9.17, 15) is 8.78 Å². The van der Waals surface area contributed by atoms with Crippen molar-refractivity contribution in [2.24, 2.45) is 0 Å². The fourth-order valence-electron chi connectivity index (χ4n) is 1.15. The smallest absolute Gasteiger partial charge is 0.198 e. The van der Waals surface area contributed by atoms with Crippen LogP contribution in [0.1, 0.15) is 19.2 Å². The van der Waals surface area contributed by atoms with Gasteiger partial charge in [0.05, 0.1) is 0 Å². The molecule has 0 saturated carbocycles. The van der Waals surface area contributed by atoms with E-state index >= 15 is 0 Å². The molecule has 15 heavy (non-hydrogen) atoms. The second kappa shape index (κ2) is 3.37. The predicted octanol–water partition coefficient (Wildman–Crippen LogP) is 2.28. The average Bonchev–Trinajstić information content (AvgIpc) is 2.61. The number of hydrogen-bond donors (Lipinski definition) is 0. The molecule has 0 fully saturated rings. The second-order valence-corrected chi connectivity index (χ2v) is 3.39. The number of hydrogen-bond acceptors (Lipinski definition) is 3. The van der Waals surface area contributed by atoms with Crippen LogP contribution in [0.3, 0.4) is 0 Å². The lowest BCUT2D eigenvalue weighted by Crippen LogP contribution is -2.17. The van der Waals surface area contributed by atoms with Crippen molar-refractivity contribution in [3.8, 4) is 0 Å². The Morgan fingerprint density at radius 2 is 2.13 bits per heavy atom. The summed E-state index contributed by atoms with van der Waals surface area (Å²) in [7, 11) is 0. The van der Waals surface area contributed by atoms with Crippen LogP contribution in [0.2, 0.25) is 5.15 Å². The molecule has 2 aromatic rings. The molecular weight excluding hydrogens is 226 g/mol. The van der Waals surface area contributed by atoms with Gasteiger partial charge < -0.3 is 0 Å². The van der Waals surface area contributed by atoms with E-state index < -0.39 is 11.7 Å². The summed E-state index contributed by atoms with van der Waals surface area (Å²) in [6.07, 6.45) is -0.359. The van der Waals surface area contributed by atoms with Crippen LogP contribution in [-0.2, 0) is 5.92 Å². The highest BCUT2D eigenvalue weighted by molar-refractivity contribution is 6.29. The lowest BCUT2D eigenvalue weighted by molar-refractivity contribution is -0.0195. The molecule has 80 valence electrons. The first kappa shape index (κ1) is 10.2. The lowest BCUT2D eigenvalue weighted by atomic mass is 10.2. The van der Waals surface area contributed by atoms with Gasteiger partial charge in [0, 0.05) is 6.42 Å². The van der Waals surface area contributed by atoms with Gasteiger partial charge in [0.1, 0.15) is 5.15 Å². The van der Waals surface area contributed by atoms with E-state index in [2.05, 4.69) is 15.3 Å². The van der Waals surface area contributed by atoms with Crippen molar-refractivity contribution in [1.82, 2.24) is 19.8 Å². The van der Waals surface area contributed by atoms with Crippen molar-refractivity contribution in [2.45, 2.75) is 19.3 Å². The molecule has 0 N–H and O–H groups in total. The highest BCUT2D eigenvalue weighted by Crippen LogP contribution is 2.29. The molecule has 2 heterocycles. The van der Waals surface area contributed by atoms with Crippen LogP contribution in [0, 0.1) is 0 Å². The van der Waals surface area contributed by atoms with Gasteiger partial charge >= 0.3 is 5.92 Å². The van der Waals surface area contributed by atoms with Crippen molar-refractivity contribution in [1.29, 1.82) is 0 Å². The zero-order chi connectivity index (χ0) is 11.1. The van der Waals surface area contributed by atoms with Gasteiger partial charge in [-0.05, 0) is 12.1 Å². The maximum Gasteiger partial charge on any atom is 0.308 e. The van der Waals surface area contributed by atoms with Gasteiger partial charge in [-0.2, -0.15) is 18.4 Å². The molecule has 0 aliphatic carbocycles. The largest absolute Gasteiger partial charge is 0.308 e. The summed E-state index contributed by atoms with van der Waals surface area (Å²) in [4.78, 5) is 0. The van der Waals surface area contributed by atoms with E-state index in [4.69, 9.17) is 11.6 Å². The molecule has 2 rings (SSSR count). The maximum atomic E-state index is 13.4. The summed E-state index contributed by atoms with van der Waals surface area (Å²) in [5.41, 5.74) is 0.252. The summed E-state index contributed by atoms with van der Waals surface area (Å²) in [5, 5.41) is 10.9. The predicted molar refractivity (Wildman–Crippen MR) is 50.0 cm³/mol. The molecule has 0 aromatic carbocycles. The van der Waals surface area contributed by atoms with Crippen LogP contribution < -0.4 is 0 Å². The third-order valence-corrected chi connectivity index (χ3v) is 2.20. The van der Waals surface area contributed by atoms with Crippen LogP contribution >= 0.6 is 11.6 Å². The van der Waals surface area contributed by atoms with Crippen LogP contribution in [0.25, 0.3) is 5.65 Å². The molecule has 2 aromatic heterocycles. The van der Waals surface area contributed by atoms with E-state index in [1.165, 1.54) is 19.1 Å². The molecule has 0 radical (unpaired) electrons. The number of alkyl halides is 2. The number of aromatic nitrogens is 4. The Labute approximate surface area is 88.9 Å². The van der Waals surface area contributed by atoms with Crippen molar-refractivity contribution < 1.29 is 8.78 Å². The summed E-state index contributed by atoms with van der Waals surface area (Å²) in [6.45, 7) is 1.37. The van der Waals surface area contributed by atoms with Gasteiger partial charge in [0.25, 0.3) is 0 Å². The molecule has 0 spiro atoms. The van der Waals surface area contributed by atoms with Crippen molar-refractivity contribution >= 4 is 17.2 Å². The number of halogens is 3.